The molecule has 1 amide bonds. The van der Waals surface area contributed by atoms with Gasteiger partial charge < -0.3 is 10.0 Å². The molecule has 4 rings (SSSR count). The van der Waals surface area contributed by atoms with Gasteiger partial charge in [-0.25, -0.2) is 4.98 Å². The topological polar surface area (TPSA) is 85.4 Å². The molecule has 2 aromatic rings. The molecule has 1 unspecified atom stereocenters. The Morgan fingerprint density at radius 2 is 1.92 bits per heavy atom. The maximum atomic E-state index is 12.4. The van der Waals surface area contributed by atoms with Crippen molar-refractivity contribution in [2.45, 2.75) is 25.0 Å². The minimum atomic E-state index is -0.553. The number of rotatable bonds is 2. The van der Waals surface area contributed by atoms with E-state index in [1.54, 1.807) is 4.90 Å². The van der Waals surface area contributed by atoms with Crippen LogP contribution >= 0.6 is 0 Å². The number of aliphatic hydroxyl groups excluding tert-OH is 1. The van der Waals surface area contributed by atoms with Gasteiger partial charge in [0.25, 0.3) is 5.91 Å². The first-order valence-corrected chi connectivity index (χ1v) is 8.34. The van der Waals surface area contributed by atoms with Gasteiger partial charge in [-0.05, 0) is 24.0 Å². The van der Waals surface area contributed by atoms with Gasteiger partial charge in [0.2, 0.25) is 5.82 Å². The van der Waals surface area contributed by atoms with Gasteiger partial charge in [-0.15, -0.1) is 0 Å². The van der Waals surface area contributed by atoms with Crippen molar-refractivity contribution in [3.8, 4) is 0 Å². The van der Waals surface area contributed by atoms with Crippen molar-refractivity contribution in [3.63, 3.8) is 0 Å². The molecule has 1 atom stereocenters. The number of carbonyl (C=O) groups excluding carboxylic acids is 1. The Hall–Kier alpha value is -2.25. The Kier molecular flexibility index (Phi) is 4.03. The third kappa shape index (κ3) is 2.92. The second-order valence-corrected chi connectivity index (χ2v) is 6.56. The second kappa shape index (κ2) is 6.33. The molecule has 0 spiro atoms. The number of aromatic nitrogens is 3. The molecule has 0 bridgehead atoms. The van der Waals surface area contributed by atoms with E-state index in [1.165, 1.54) is 17.5 Å². The number of hydrogen-bond acceptors (Lipinski definition) is 5. The van der Waals surface area contributed by atoms with Crippen LogP contribution in [0.15, 0.2) is 30.6 Å². The highest BCUT2D eigenvalue weighted by Gasteiger charge is 2.32. The minimum absolute atomic E-state index is 0.205. The average molecular weight is 327 g/mol. The number of fused-ring (bicyclic) bond motifs is 1. The third-order valence-corrected chi connectivity index (χ3v) is 4.98. The summed E-state index contributed by atoms with van der Waals surface area (Å²) >= 11 is 0. The van der Waals surface area contributed by atoms with Crippen molar-refractivity contribution in [2.24, 2.45) is 0 Å². The van der Waals surface area contributed by atoms with E-state index in [-0.39, 0.29) is 11.7 Å². The number of carbonyl (C=O) groups is 1. The maximum absolute atomic E-state index is 12.4. The van der Waals surface area contributed by atoms with E-state index in [0.29, 0.717) is 25.7 Å². The van der Waals surface area contributed by atoms with Crippen LogP contribution in [0, 0.1) is 0 Å². The van der Waals surface area contributed by atoms with Crippen LogP contribution in [0.5, 0.6) is 0 Å². The number of hydrogen-bond donors (Lipinski definition) is 2. The summed E-state index contributed by atoms with van der Waals surface area (Å²) in [5, 5.41) is 16.7. The van der Waals surface area contributed by atoms with Crippen LogP contribution in [-0.2, 0) is 12.8 Å². The number of nitrogens with one attached hydrogen (secondary N) is 1. The zero-order valence-electron chi connectivity index (χ0n) is 13.4. The van der Waals surface area contributed by atoms with Gasteiger partial charge in [0.1, 0.15) is 6.33 Å². The summed E-state index contributed by atoms with van der Waals surface area (Å²) in [4.78, 5) is 20.3. The van der Waals surface area contributed by atoms with Crippen molar-refractivity contribution in [2.75, 3.05) is 26.2 Å². The van der Waals surface area contributed by atoms with Crippen molar-refractivity contribution in [3.05, 3.63) is 47.5 Å². The average Bonchev–Trinajstić information content (AvgIpc) is 3.22. The van der Waals surface area contributed by atoms with E-state index < -0.39 is 6.10 Å². The third-order valence-electron chi connectivity index (χ3n) is 4.98. The molecule has 2 N–H and O–H groups in total. The molecule has 1 fully saturated rings. The maximum Gasteiger partial charge on any atom is 0.291 e. The first-order valence-electron chi connectivity index (χ1n) is 8.34. The summed E-state index contributed by atoms with van der Waals surface area (Å²) in [6.45, 7) is 2.27. The van der Waals surface area contributed by atoms with E-state index >= 15 is 0 Å². The Bertz CT molecular complexity index is 693. The van der Waals surface area contributed by atoms with Gasteiger partial charge in [-0.3, -0.25) is 14.8 Å². The normalized spacial score (nSPS) is 22.4. The first-order chi connectivity index (χ1) is 11.7. The van der Waals surface area contributed by atoms with E-state index in [0.717, 1.165) is 19.4 Å². The van der Waals surface area contributed by atoms with Gasteiger partial charge in [0.05, 0.1) is 6.10 Å². The quantitative estimate of drug-likeness (QED) is 0.817. The molecule has 24 heavy (non-hydrogen) atoms. The van der Waals surface area contributed by atoms with Gasteiger partial charge >= 0.3 is 0 Å². The lowest BCUT2D eigenvalue weighted by Gasteiger charge is -2.28. The molecule has 7 nitrogen and oxygen atoms in total. The number of amides is 1. The summed E-state index contributed by atoms with van der Waals surface area (Å²) in [7, 11) is 0. The smallest absolute Gasteiger partial charge is 0.291 e. The van der Waals surface area contributed by atoms with E-state index in [2.05, 4.69) is 44.3 Å². The number of H-pyrrole nitrogens is 1. The van der Waals surface area contributed by atoms with E-state index in [4.69, 9.17) is 0 Å². The summed E-state index contributed by atoms with van der Waals surface area (Å²) < 4.78 is 0. The standard InChI is InChI=1S/C17H21N5O2/c23-15-9-21(14-7-12-3-1-2-4-13(12)8-14)5-6-22(10-15)17(24)16-18-11-19-20-16/h1-4,11,14-15,23H,5-10H2,(H,18,19,20). The predicted molar refractivity (Wildman–Crippen MR) is 87.5 cm³/mol. The molecule has 1 aliphatic carbocycles. The molecule has 126 valence electrons. The molecule has 2 heterocycles. The molecule has 0 saturated carbocycles. The Morgan fingerprint density at radius 3 is 2.58 bits per heavy atom. The number of aromatic amines is 1. The Balaban J connectivity index is 1.44. The van der Waals surface area contributed by atoms with Gasteiger partial charge in [0, 0.05) is 32.2 Å². The van der Waals surface area contributed by atoms with Crippen LogP contribution in [0.1, 0.15) is 21.7 Å². The fourth-order valence-electron chi connectivity index (χ4n) is 3.78. The van der Waals surface area contributed by atoms with Crippen LogP contribution in [0.4, 0.5) is 0 Å². The predicted octanol–water partition coefficient (Wildman–Crippen LogP) is 0.0908. The highest BCUT2D eigenvalue weighted by atomic mass is 16.3. The van der Waals surface area contributed by atoms with Gasteiger partial charge in [-0.2, -0.15) is 5.10 Å². The zero-order valence-corrected chi connectivity index (χ0v) is 13.4. The molecule has 1 aromatic heterocycles. The molecule has 7 heteroatoms. The largest absolute Gasteiger partial charge is 0.390 e. The number of benzene rings is 1. The molecular weight excluding hydrogens is 306 g/mol. The lowest BCUT2D eigenvalue weighted by molar-refractivity contribution is 0.0646. The minimum Gasteiger partial charge on any atom is -0.390 e. The molecule has 1 aliphatic heterocycles. The van der Waals surface area contributed by atoms with Crippen molar-refractivity contribution in [1.82, 2.24) is 25.0 Å². The zero-order chi connectivity index (χ0) is 16.5. The number of β-amino-alcohol motifs (C(OH)–C–C–N with tert-alkyl or cyclic N) is 1. The highest BCUT2D eigenvalue weighted by molar-refractivity contribution is 5.90. The monoisotopic (exact) mass is 327 g/mol. The molecule has 2 aliphatic rings. The van der Waals surface area contributed by atoms with E-state index in [1.807, 2.05) is 0 Å². The summed E-state index contributed by atoms with van der Waals surface area (Å²) in [6.07, 6.45) is 2.80. The second-order valence-electron chi connectivity index (χ2n) is 6.56. The summed E-state index contributed by atoms with van der Waals surface area (Å²) in [6, 6.07) is 8.93. The van der Waals surface area contributed by atoms with Crippen LogP contribution in [0.3, 0.4) is 0 Å². The molecule has 1 aromatic carbocycles. The molecule has 1 saturated heterocycles. The fraction of sp³-hybridized carbons (Fsp3) is 0.471. The Morgan fingerprint density at radius 1 is 1.17 bits per heavy atom. The first kappa shape index (κ1) is 15.3. The van der Waals surface area contributed by atoms with E-state index in [9.17, 15) is 9.90 Å². The van der Waals surface area contributed by atoms with Crippen molar-refractivity contribution < 1.29 is 9.90 Å². The lowest BCUT2D eigenvalue weighted by atomic mass is 10.1. The van der Waals surface area contributed by atoms with Crippen LogP contribution < -0.4 is 0 Å². The number of nitrogens with zero attached hydrogens (tertiary/aromatic N) is 4. The van der Waals surface area contributed by atoms with Gasteiger partial charge in [-0.1, -0.05) is 24.3 Å². The van der Waals surface area contributed by atoms with Crippen molar-refractivity contribution in [1.29, 1.82) is 0 Å². The molecule has 0 radical (unpaired) electrons. The lowest BCUT2D eigenvalue weighted by Crippen LogP contribution is -2.41. The number of aliphatic hydroxyl groups is 1. The van der Waals surface area contributed by atoms with Crippen LogP contribution in [-0.4, -0.2) is 74.3 Å². The van der Waals surface area contributed by atoms with Crippen molar-refractivity contribution >= 4 is 5.91 Å². The Labute approximate surface area is 140 Å². The summed E-state index contributed by atoms with van der Waals surface area (Å²) in [5.41, 5.74) is 2.80. The van der Waals surface area contributed by atoms with Crippen LogP contribution in [0.25, 0.3) is 0 Å². The van der Waals surface area contributed by atoms with Crippen LogP contribution in [0.2, 0.25) is 0 Å². The molecular formula is C17H21N5O2. The SMILES string of the molecule is O=C(c1ncn[nH]1)N1CCN(C2Cc3ccccc3C2)CC(O)C1. The summed E-state index contributed by atoms with van der Waals surface area (Å²) in [5.74, 6) is 0.0204. The fourth-order valence-corrected chi connectivity index (χ4v) is 3.78. The highest BCUT2D eigenvalue weighted by Crippen LogP contribution is 2.26. The van der Waals surface area contributed by atoms with Gasteiger partial charge in [0.15, 0.2) is 0 Å².